The number of nitro benzene ring substituents is 1. The fourth-order valence-corrected chi connectivity index (χ4v) is 3.72. The standard InChI is InChI=1S/C18H17F3N2O6/c1-10-9-27-17(29-10)2-4-22(5-3-17)15-8-14(24)12-6-11(18(19,20)21)7-13(23(25)26)16(12)28-15/h6-8,10H,2-5,9H2,1H3. The molecule has 156 valence electrons. The maximum atomic E-state index is 13.0. The zero-order chi connectivity index (χ0) is 21.0. The van der Waals surface area contributed by atoms with Crippen LogP contribution in [-0.2, 0) is 15.7 Å². The van der Waals surface area contributed by atoms with E-state index in [1.807, 2.05) is 6.92 Å². The monoisotopic (exact) mass is 414 g/mol. The number of hydrogen-bond acceptors (Lipinski definition) is 7. The average Bonchev–Trinajstić information content (AvgIpc) is 3.00. The molecule has 29 heavy (non-hydrogen) atoms. The number of piperidine rings is 1. The highest BCUT2D eigenvalue weighted by molar-refractivity contribution is 5.87. The van der Waals surface area contributed by atoms with Crippen molar-refractivity contribution in [3.8, 4) is 0 Å². The van der Waals surface area contributed by atoms with E-state index in [0.717, 1.165) is 6.07 Å². The van der Waals surface area contributed by atoms with Gasteiger partial charge < -0.3 is 18.8 Å². The number of ether oxygens (including phenoxy) is 2. The summed E-state index contributed by atoms with van der Waals surface area (Å²) < 4.78 is 56.2. The van der Waals surface area contributed by atoms with E-state index in [0.29, 0.717) is 44.7 Å². The normalized spacial score (nSPS) is 21.8. The van der Waals surface area contributed by atoms with Gasteiger partial charge in [-0.1, -0.05) is 0 Å². The van der Waals surface area contributed by atoms with E-state index in [-0.39, 0.29) is 12.0 Å². The van der Waals surface area contributed by atoms with E-state index >= 15 is 0 Å². The molecule has 11 heteroatoms. The van der Waals surface area contributed by atoms with Gasteiger partial charge in [0.05, 0.1) is 28.6 Å². The van der Waals surface area contributed by atoms with Crippen LogP contribution in [0.1, 0.15) is 25.3 Å². The minimum absolute atomic E-state index is 0.0226. The Morgan fingerprint density at radius 1 is 1.24 bits per heavy atom. The second-order valence-corrected chi connectivity index (χ2v) is 7.21. The number of halogens is 3. The number of anilines is 1. The molecule has 2 aromatic rings. The molecule has 0 N–H and O–H groups in total. The van der Waals surface area contributed by atoms with Crippen LogP contribution in [0.2, 0.25) is 0 Å². The van der Waals surface area contributed by atoms with Gasteiger partial charge >= 0.3 is 11.9 Å². The average molecular weight is 414 g/mol. The lowest BCUT2D eigenvalue weighted by Crippen LogP contribution is -2.45. The Morgan fingerprint density at radius 2 is 1.93 bits per heavy atom. The summed E-state index contributed by atoms with van der Waals surface area (Å²) in [6, 6.07) is 2.01. The van der Waals surface area contributed by atoms with Crippen molar-refractivity contribution in [2.24, 2.45) is 0 Å². The lowest BCUT2D eigenvalue weighted by Gasteiger charge is -2.38. The molecule has 1 atom stereocenters. The van der Waals surface area contributed by atoms with Crippen molar-refractivity contribution in [3.05, 3.63) is 44.1 Å². The van der Waals surface area contributed by atoms with Crippen LogP contribution in [0.15, 0.2) is 27.4 Å². The highest BCUT2D eigenvalue weighted by atomic mass is 19.4. The lowest BCUT2D eigenvalue weighted by atomic mass is 10.0. The summed E-state index contributed by atoms with van der Waals surface area (Å²) in [5.74, 6) is -0.632. The SMILES string of the molecule is CC1COC2(CCN(c3cc(=O)c4cc(C(F)(F)F)cc([N+](=O)[O-])c4o3)CC2)O1. The van der Waals surface area contributed by atoms with E-state index < -0.39 is 44.5 Å². The first-order valence-corrected chi connectivity index (χ1v) is 8.98. The van der Waals surface area contributed by atoms with Crippen LogP contribution in [-0.4, -0.2) is 36.5 Å². The van der Waals surface area contributed by atoms with Crippen molar-refractivity contribution in [1.29, 1.82) is 0 Å². The molecule has 1 spiro atoms. The first kappa shape index (κ1) is 19.6. The molecule has 0 bridgehead atoms. The number of nitrogens with zero attached hydrogens (tertiary/aromatic N) is 2. The number of alkyl halides is 3. The van der Waals surface area contributed by atoms with Gasteiger partial charge in [0.1, 0.15) is 0 Å². The van der Waals surface area contributed by atoms with Gasteiger partial charge in [-0.15, -0.1) is 0 Å². The topological polar surface area (TPSA) is 95.0 Å². The number of non-ortho nitro benzene ring substituents is 1. The molecule has 1 unspecified atom stereocenters. The number of rotatable bonds is 2. The molecule has 1 aromatic heterocycles. The maximum Gasteiger partial charge on any atom is 0.416 e. The molecule has 8 nitrogen and oxygen atoms in total. The minimum atomic E-state index is -4.83. The summed E-state index contributed by atoms with van der Waals surface area (Å²) in [5.41, 5.74) is -3.44. The van der Waals surface area contributed by atoms with Gasteiger partial charge in [-0.3, -0.25) is 14.9 Å². The number of hydrogen-bond donors (Lipinski definition) is 0. The maximum absolute atomic E-state index is 13.0. The Hall–Kier alpha value is -2.66. The number of nitro groups is 1. The smallest absolute Gasteiger partial charge is 0.416 e. The number of benzene rings is 1. The van der Waals surface area contributed by atoms with Crippen LogP contribution in [0.5, 0.6) is 0 Å². The first-order valence-electron chi connectivity index (χ1n) is 8.98. The molecule has 4 rings (SSSR count). The zero-order valence-electron chi connectivity index (χ0n) is 15.3. The van der Waals surface area contributed by atoms with Crippen molar-refractivity contribution in [3.63, 3.8) is 0 Å². The zero-order valence-corrected chi connectivity index (χ0v) is 15.3. The summed E-state index contributed by atoms with van der Waals surface area (Å²) in [5, 5.41) is 10.8. The van der Waals surface area contributed by atoms with Crippen LogP contribution >= 0.6 is 0 Å². The molecular formula is C18H17F3N2O6. The summed E-state index contributed by atoms with van der Waals surface area (Å²) in [6.07, 6.45) is -3.86. The van der Waals surface area contributed by atoms with Crippen molar-refractivity contribution in [1.82, 2.24) is 0 Å². The molecule has 3 heterocycles. The molecule has 2 saturated heterocycles. The molecule has 0 saturated carbocycles. The van der Waals surface area contributed by atoms with Gasteiger partial charge in [-0.25, -0.2) is 0 Å². The summed E-state index contributed by atoms with van der Waals surface area (Å²) in [6.45, 7) is 3.18. The van der Waals surface area contributed by atoms with Crippen LogP contribution in [0.4, 0.5) is 24.7 Å². The highest BCUT2D eigenvalue weighted by Crippen LogP contribution is 2.38. The minimum Gasteiger partial charge on any atom is -0.433 e. The van der Waals surface area contributed by atoms with Crippen molar-refractivity contribution in [2.45, 2.75) is 37.8 Å². The third kappa shape index (κ3) is 3.55. The highest BCUT2D eigenvalue weighted by Gasteiger charge is 2.43. The van der Waals surface area contributed by atoms with Gasteiger partial charge in [0, 0.05) is 38.1 Å². The Bertz CT molecular complexity index is 1030. The molecule has 2 fully saturated rings. The summed E-state index contributed by atoms with van der Waals surface area (Å²) >= 11 is 0. The fourth-order valence-electron chi connectivity index (χ4n) is 3.72. The van der Waals surface area contributed by atoms with Crippen LogP contribution in [0, 0.1) is 10.1 Å². The van der Waals surface area contributed by atoms with E-state index in [1.165, 1.54) is 0 Å². The molecular weight excluding hydrogens is 397 g/mol. The second-order valence-electron chi connectivity index (χ2n) is 7.21. The van der Waals surface area contributed by atoms with Crippen molar-refractivity contribution >= 4 is 22.5 Å². The first-order chi connectivity index (χ1) is 13.6. The predicted molar refractivity (Wildman–Crippen MR) is 94.8 cm³/mol. The second kappa shape index (κ2) is 6.70. The lowest BCUT2D eigenvalue weighted by molar-refractivity contribution is -0.383. The molecule has 0 amide bonds. The molecule has 1 aromatic carbocycles. The summed E-state index contributed by atoms with van der Waals surface area (Å²) in [4.78, 5) is 24.5. The van der Waals surface area contributed by atoms with Crippen molar-refractivity contribution in [2.75, 3.05) is 24.6 Å². The van der Waals surface area contributed by atoms with Gasteiger partial charge in [0.25, 0.3) is 0 Å². The Kier molecular flexibility index (Phi) is 4.54. The predicted octanol–water partition coefficient (Wildman–Crippen LogP) is 3.45. The Labute approximate surface area is 161 Å². The van der Waals surface area contributed by atoms with Crippen LogP contribution in [0.25, 0.3) is 11.0 Å². The molecule has 0 aliphatic carbocycles. The van der Waals surface area contributed by atoms with E-state index in [9.17, 15) is 28.1 Å². The van der Waals surface area contributed by atoms with Crippen LogP contribution < -0.4 is 10.3 Å². The molecule has 0 radical (unpaired) electrons. The van der Waals surface area contributed by atoms with Crippen molar-refractivity contribution < 1.29 is 32.0 Å². The van der Waals surface area contributed by atoms with E-state index in [1.54, 1.807) is 4.90 Å². The fraction of sp³-hybridized carbons (Fsp3) is 0.500. The van der Waals surface area contributed by atoms with Crippen LogP contribution in [0.3, 0.4) is 0 Å². The van der Waals surface area contributed by atoms with Gasteiger partial charge in [-0.2, -0.15) is 13.2 Å². The Balaban J connectivity index is 1.71. The van der Waals surface area contributed by atoms with E-state index in [4.69, 9.17) is 13.9 Å². The molecule has 2 aliphatic heterocycles. The summed E-state index contributed by atoms with van der Waals surface area (Å²) in [7, 11) is 0. The van der Waals surface area contributed by atoms with Gasteiger partial charge in [0.15, 0.2) is 17.1 Å². The third-order valence-electron chi connectivity index (χ3n) is 5.15. The van der Waals surface area contributed by atoms with E-state index in [2.05, 4.69) is 0 Å². The number of fused-ring (bicyclic) bond motifs is 1. The largest absolute Gasteiger partial charge is 0.433 e. The third-order valence-corrected chi connectivity index (χ3v) is 5.15. The quantitative estimate of drug-likeness (QED) is 0.549. The Morgan fingerprint density at radius 3 is 2.48 bits per heavy atom. The molecule has 2 aliphatic rings. The van der Waals surface area contributed by atoms with Gasteiger partial charge in [0.2, 0.25) is 5.58 Å². The van der Waals surface area contributed by atoms with Gasteiger partial charge in [-0.05, 0) is 13.0 Å².